The van der Waals surface area contributed by atoms with Crippen molar-refractivity contribution in [1.29, 1.82) is 0 Å². The summed E-state index contributed by atoms with van der Waals surface area (Å²) >= 11 is 0. The van der Waals surface area contributed by atoms with E-state index in [1.807, 2.05) is 54.6 Å². The van der Waals surface area contributed by atoms with Gasteiger partial charge in [0.15, 0.2) is 0 Å². The predicted octanol–water partition coefficient (Wildman–Crippen LogP) is 4.58. The molecule has 2 aromatic carbocycles. The lowest BCUT2D eigenvalue weighted by Crippen LogP contribution is -2.43. The van der Waals surface area contributed by atoms with Gasteiger partial charge in [-0.2, -0.15) is 0 Å². The topological polar surface area (TPSA) is 46.6 Å². The van der Waals surface area contributed by atoms with Gasteiger partial charge in [0.2, 0.25) is 0 Å². The van der Waals surface area contributed by atoms with E-state index < -0.39 is 12.0 Å². The van der Waals surface area contributed by atoms with Crippen LogP contribution >= 0.6 is 0 Å². The molecule has 0 heterocycles. The maximum absolute atomic E-state index is 13.2. The minimum Gasteiger partial charge on any atom is -0.464 e. The quantitative estimate of drug-likeness (QED) is 0.702. The summed E-state index contributed by atoms with van der Waals surface area (Å²) in [5.74, 6) is -0.576. The van der Waals surface area contributed by atoms with Crippen LogP contribution in [0.4, 0.5) is 0 Å². The highest BCUT2D eigenvalue weighted by molar-refractivity contribution is 5.96. The van der Waals surface area contributed by atoms with Gasteiger partial charge in [-0.05, 0) is 42.5 Å². The fourth-order valence-corrected chi connectivity index (χ4v) is 2.83. The summed E-state index contributed by atoms with van der Waals surface area (Å²) in [4.78, 5) is 27.0. The Labute approximate surface area is 162 Å². The fraction of sp³-hybridized carbons (Fsp3) is 0.391. The molecule has 1 amide bonds. The van der Waals surface area contributed by atoms with Gasteiger partial charge in [0.05, 0.1) is 6.61 Å². The number of hydrogen-bond acceptors (Lipinski definition) is 3. The molecule has 2 rings (SSSR count). The van der Waals surface area contributed by atoms with Gasteiger partial charge in [0.1, 0.15) is 6.04 Å². The molecule has 27 heavy (non-hydrogen) atoms. The van der Waals surface area contributed by atoms with E-state index in [2.05, 4.69) is 20.8 Å². The van der Waals surface area contributed by atoms with Gasteiger partial charge in [0, 0.05) is 12.1 Å². The maximum atomic E-state index is 13.2. The maximum Gasteiger partial charge on any atom is 0.328 e. The molecule has 0 saturated carbocycles. The number of rotatable bonds is 6. The smallest absolute Gasteiger partial charge is 0.328 e. The van der Waals surface area contributed by atoms with E-state index in [0.717, 1.165) is 11.1 Å². The third-order valence-electron chi connectivity index (χ3n) is 4.55. The van der Waals surface area contributed by atoms with Gasteiger partial charge < -0.3 is 9.64 Å². The average molecular weight is 367 g/mol. The van der Waals surface area contributed by atoms with Gasteiger partial charge in [-0.15, -0.1) is 0 Å². The van der Waals surface area contributed by atoms with Gasteiger partial charge in [0.25, 0.3) is 5.91 Å². The van der Waals surface area contributed by atoms with Gasteiger partial charge >= 0.3 is 5.97 Å². The molecular formula is C23H29NO3. The monoisotopic (exact) mass is 367 g/mol. The van der Waals surface area contributed by atoms with Crippen LogP contribution < -0.4 is 0 Å². The summed E-state index contributed by atoms with van der Waals surface area (Å²) in [5.41, 5.74) is 2.71. The van der Waals surface area contributed by atoms with Crippen LogP contribution in [0.2, 0.25) is 0 Å². The van der Waals surface area contributed by atoms with Gasteiger partial charge in [-0.25, -0.2) is 4.79 Å². The summed E-state index contributed by atoms with van der Waals surface area (Å²) in [6.07, 6.45) is 0. The van der Waals surface area contributed by atoms with Crippen LogP contribution in [0.5, 0.6) is 0 Å². The Morgan fingerprint density at radius 2 is 1.59 bits per heavy atom. The summed E-state index contributed by atoms with van der Waals surface area (Å²) < 4.78 is 5.14. The minimum absolute atomic E-state index is 0.0174. The predicted molar refractivity (Wildman–Crippen MR) is 108 cm³/mol. The molecule has 0 saturated heterocycles. The standard InChI is InChI=1S/C23H29NO3/c1-6-27-22(26)17(2)24(16-18-10-8-7-9-11-18)21(25)19-12-14-20(15-13-19)23(3,4)5/h7-15,17H,6,16H2,1-5H3. The third-order valence-corrected chi connectivity index (χ3v) is 4.55. The molecule has 144 valence electrons. The van der Waals surface area contributed by atoms with Crippen LogP contribution in [-0.4, -0.2) is 29.4 Å². The molecule has 0 aliphatic rings. The van der Waals surface area contributed by atoms with Crippen LogP contribution in [0.1, 0.15) is 56.1 Å². The van der Waals surface area contributed by atoms with Crippen LogP contribution in [-0.2, 0) is 21.5 Å². The Bertz CT molecular complexity index is 760. The number of esters is 1. The van der Waals surface area contributed by atoms with E-state index in [4.69, 9.17) is 4.74 Å². The second-order valence-corrected chi connectivity index (χ2v) is 7.67. The van der Waals surface area contributed by atoms with Crippen LogP contribution in [0.25, 0.3) is 0 Å². The molecule has 0 bridgehead atoms. The molecule has 0 fully saturated rings. The highest BCUT2D eigenvalue weighted by Gasteiger charge is 2.28. The van der Waals surface area contributed by atoms with Crippen molar-refractivity contribution in [1.82, 2.24) is 4.90 Å². The average Bonchev–Trinajstić information content (AvgIpc) is 2.65. The molecule has 4 heteroatoms. The molecule has 0 spiro atoms. The lowest BCUT2D eigenvalue weighted by atomic mass is 9.86. The molecule has 0 aliphatic carbocycles. The number of carbonyl (C=O) groups is 2. The summed E-state index contributed by atoms with van der Waals surface area (Å²) in [6.45, 7) is 10.5. The lowest BCUT2D eigenvalue weighted by molar-refractivity contribution is -0.148. The molecule has 1 atom stereocenters. The van der Waals surface area contributed by atoms with Crippen molar-refractivity contribution in [3.8, 4) is 0 Å². The van der Waals surface area contributed by atoms with Crippen molar-refractivity contribution in [2.45, 2.75) is 52.6 Å². The molecule has 2 aromatic rings. The van der Waals surface area contributed by atoms with Crippen molar-refractivity contribution in [2.75, 3.05) is 6.61 Å². The van der Waals surface area contributed by atoms with Crippen LogP contribution in [0.15, 0.2) is 54.6 Å². The van der Waals surface area contributed by atoms with Crippen molar-refractivity contribution in [3.63, 3.8) is 0 Å². The van der Waals surface area contributed by atoms with Crippen molar-refractivity contribution in [2.24, 2.45) is 0 Å². The summed E-state index contributed by atoms with van der Waals surface area (Å²) in [5, 5.41) is 0. The number of carbonyl (C=O) groups excluding carboxylic acids is 2. The highest BCUT2D eigenvalue weighted by atomic mass is 16.5. The largest absolute Gasteiger partial charge is 0.464 e. The van der Waals surface area contributed by atoms with Crippen molar-refractivity contribution < 1.29 is 14.3 Å². The fourth-order valence-electron chi connectivity index (χ4n) is 2.83. The highest BCUT2D eigenvalue weighted by Crippen LogP contribution is 2.23. The normalized spacial score (nSPS) is 12.3. The second-order valence-electron chi connectivity index (χ2n) is 7.67. The van der Waals surface area contributed by atoms with Crippen LogP contribution in [0.3, 0.4) is 0 Å². The summed E-state index contributed by atoms with van der Waals surface area (Å²) in [6, 6.07) is 16.6. The SMILES string of the molecule is CCOC(=O)C(C)N(Cc1ccccc1)C(=O)c1ccc(C(C)(C)C)cc1. The van der Waals surface area contributed by atoms with E-state index in [0.29, 0.717) is 12.1 Å². The van der Waals surface area contributed by atoms with E-state index in [-0.39, 0.29) is 17.9 Å². The molecule has 0 aliphatic heterocycles. The molecular weight excluding hydrogens is 338 g/mol. The molecule has 1 unspecified atom stereocenters. The Balaban J connectivity index is 2.31. The second kappa shape index (κ2) is 8.85. The minimum atomic E-state index is -0.667. The first-order chi connectivity index (χ1) is 12.7. The first kappa shape index (κ1) is 20.7. The zero-order valence-electron chi connectivity index (χ0n) is 16.9. The summed E-state index contributed by atoms with van der Waals surface area (Å²) in [7, 11) is 0. The first-order valence-corrected chi connectivity index (χ1v) is 9.36. The van der Waals surface area contributed by atoms with E-state index in [1.165, 1.54) is 0 Å². The van der Waals surface area contributed by atoms with Crippen molar-refractivity contribution in [3.05, 3.63) is 71.3 Å². The number of ether oxygens (including phenoxy) is 1. The van der Waals surface area contributed by atoms with Gasteiger partial charge in [-0.3, -0.25) is 4.79 Å². The van der Waals surface area contributed by atoms with E-state index >= 15 is 0 Å². The Hall–Kier alpha value is -2.62. The number of benzene rings is 2. The number of hydrogen-bond donors (Lipinski definition) is 0. The Kier molecular flexibility index (Phi) is 6.78. The molecule has 0 N–H and O–H groups in total. The van der Waals surface area contributed by atoms with E-state index in [9.17, 15) is 9.59 Å². The van der Waals surface area contributed by atoms with Gasteiger partial charge in [-0.1, -0.05) is 63.2 Å². The van der Waals surface area contributed by atoms with E-state index in [1.54, 1.807) is 18.7 Å². The van der Waals surface area contributed by atoms with Crippen LogP contribution in [0, 0.1) is 0 Å². The third kappa shape index (κ3) is 5.43. The van der Waals surface area contributed by atoms with Crippen molar-refractivity contribution >= 4 is 11.9 Å². The Morgan fingerprint density at radius 3 is 2.11 bits per heavy atom. The molecule has 0 aromatic heterocycles. The lowest BCUT2D eigenvalue weighted by Gasteiger charge is -2.28. The zero-order valence-corrected chi connectivity index (χ0v) is 16.9. The number of amides is 1. The zero-order chi connectivity index (χ0) is 20.0. The number of nitrogens with zero attached hydrogens (tertiary/aromatic N) is 1. The first-order valence-electron chi connectivity index (χ1n) is 9.36. The molecule has 4 nitrogen and oxygen atoms in total. The Morgan fingerprint density at radius 1 is 1.00 bits per heavy atom. The molecule has 0 radical (unpaired) electrons.